The van der Waals surface area contributed by atoms with Crippen molar-refractivity contribution in [2.75, 3.05) is 6.54 Å². The van der Waals surface area contributed by atoms with Crippen LogP contribution >= 0.6 is 0 Å². The van der Waals surface area contributed by atoms with E-state index < -0.39 is 11.6 Å². The van der Waals surface area contributed by atoms with Crippen molar-refractivity contribution >= 4 is 5.91 Å². The Morgan fingerprint density at radius 1 is 1.32 bits per heavy atom. The molecule has 4 nitrogen and oxygen atoms in total. The van der Waals surface area contributed by atoms with E-state index in [2.05, 4.69) is 9.97 Å². The number of imidazole rings is 1. The van der Waals surface area contributed by atoms with Crippen molar-refractivity contribution in [1.82, 2.24) is 14.9 Å². The van der Waals surface area contributed by atoms with Gasteiger partial charge < -0.3 is 9.88 Å². The van der Waals surface area contributed by atoms with Gasteiger partial charge in [0.25, 0.3) is 0 Å². The fraction of sp³-hybridized carbons (Fsp3) is 0.375. The quantitative estimate of drug-likeness (QED) is 0.947. The standard InChI is InChI=1S/C16H17F2N3O/c1-9(2)21-8-11(6-15(21)22)16-19-7-14(20-16)10-3-4-12(17)13(18)5-10/h3-5,7,9,11H,6,8H2,1-2H3,(H,19,20)/t11-/m1/s1. The SMILES string of the molecule is CC(C)N1C[C@H](c2ncc(-c3ccc(F)c(F)c3)[nH]2)CC1=O. The predicted octanol–water partition coefficient (Wildman–Crippen LogP) is 3.08. The lowest BCUT2D eigenvalue weighted by molar-refractivity contribution is -0.129. The maximum Gasteiger partial charge on any atom is 0.223 e. The van der Waals surface area contributed by atoms with Gasteiger partial charge in [0.2, 0.25) is 5.91 Å². The van der Waals surface area contributed by atoms with Crippen LogP contribution in [0.2, 0.25) is 0 Å². The fourth-order valence-corrected chi connectivity index (χ4v) is 2.77. The zero-order valence-corrected chi connectivity index (χ0v) is 12.4. The molecule has 1 N–H and O–H groups in total. The second kappa shape index (κ2) is 5.51. The van der Waals surface area contributed by atoms with Gasteiger partial charge in [0.1, 0.15) is 5.82 Å². The monoisotopic (exact) mass is 305 g/mol. The van der Waals surface area contributed by atoms with E-state index in [1.165, 1.54) is 6.07 Å². The third kappa shape index (κ3) is 2.61. The number of rotatable bonds is 3. The Bertz CT molecular complexity index is 711. The van der Waals surface area contributed by atoms with Gasteiger partial charge in [-0.05, 0) is 32.0 Å². The van der Waals surface area contributed by atoms with Crippen LogP contribution in [0.3, 0.4) is 0 Å². The summed E-state index contributed by atoms with van der Waals surface area (Å²) in [5, 5.41) is 0. The highest BCUT2D eigenvalue weighted by molar-refractivity contribution is 5.79. The first-order valence-electron chi connectivity index (χ1n) is 7.25. The van der Waals surface area contributed by atoms with Crippen molar-refractivity contribution < 1.29 is 13.6 Å². The number of nitrogens with zero attached hydrogens (tertiary/aromatic N) is 2. The maximum atomic E-state index is 13.3. The summed E-state index contributed by atoms with van der Waals surface area (Å²) < 4.78 is 26.3. The van der Waals surface area contributed by atoms with Gasteiger partial charge in [-0.25, -0.2) is 13.8 Å². The Kier molecular flexibility index (Phi) is 3.68. The molecule has 0 unspecified atom stereocenters. The second-order valence-corrected chi connectivity index (χ2v) is 5.85. The van der Waals surface area contributed by atoms with Gasteiger partial charge >= 0.3 is 0 Å². The molecule has 3 rings (SSSR count). The van der Waals surface area contributed by atoms with Gasteiger partial charge in [-0.15, -0.1) is 0 Å². The number of likely N-dealkylation sites (tertiary alicyclic amines) is 1. The van der Waals surface area contributed by atoms with Crippen LogP contribution < -0.4 is 0 Å². The minimum absolute atomic E-state index is 0.00828. The van der Waals surface area contributed by atoms with E-state index in [-0.39, 0.29) is 17.9 Å². The van der Waals surface area contributed by atoms with Crippen LogP contribution in [-0.2, 0) is 4.79 Å². The van der Waals surface area contributed by atoms with E-state index in [1.807, 2.05) is 18.7 Å². The number of H-pyrrole nitrogens is 1. The summed E-state index contributed by atoms with van der Waals surface area (Å²) >= 11 is 0. The third-order valence-electron chi connectivity index (χ3n) is 3.99. The Hall–Kier alpha value is -2.24. The number of carbonyl (C=O) groups is 1. The number of benzene rings is 1. The first kappa shape index (κ1) is 14.7. The molecule has 0 aliphatic carbocycles. The molecule has 0 saturated carbocycles. The number of hydrogen-bond acceptors (Lipinski definition) is 2. The van der Waals surface area contributed by atoms with E-state index in [1.54, 1.807) is 6.20 Å². The zero-order valence-electron chi connectivity index (χ0n) is 12.4. The lowest BCUT2D eigenvalue weighted by Gasteiger charge is -2.20. The van der Waals surface area contributed by atoms with Crippen LogP contribution in [0.25, 0.3) is 11.3 Å². The average Bonchev–Trinajstić information content (AvgIpc) is 3.08. The Labute approximate surface area is 127 Å². The van der Waals surface area contributed by atoms with Crippen molar-refractivity contribution in [3.05, 3.63) is 41.9 Å². The molecule has 1 aromatic carbocycles. The Morgan fingerprint density at radius 3 is 2.73 bits per heavy atom. The van der Waals surface area contributed by atoms with Gasteiger partial charge in [-0.2, -0.15) is 0 Å². The fourth-order valence-electron chi connectivity index (χ4n) is 2.77. The van der Waals surface area contributed by atoms with Crippen molar-refractivity contribution in [2.45, 2.75) is 32.2 Å². The molecular formula is C16H17F2N3O. The summed E-state index contributed by atoms with van der Waals surface area (Å²) in [7, 11) is 0. The molecule has 1 aliphatic heterocycles. The number of halogens is 2. The zero-order chi connectivity index (χ0) is 15.9. The summed E-state index contributed by atoms with van der Waals surface area (Å²) in [6.07, 6.45) is 2.01. The molecule has 2 heterocycles. The number of nitrogens with one attached hydrogen (secondary N) is 1. The van der Waals surface area contributed by atoms with Crippen LogP contribution in [0.4, 0.5) is 8.78 Å². The first-order valence-corrected chi connectivity index (χ1v) is 7.25. The lowest BCUT2D eigenvalue weighted by Crippen LogP contribution is -2.31. The average molecular weight is 305 g/mol. The largest absolute Gasteiger partial charge is 0.342 e. The lowest BCUT2D eigenvalue weighted by atomic mass is 10.1. The maximum absolute atomic E-state index is 13.3. The molecule has 1 amide bonds. The van der Waals surface area contributed by atoms with Gasteiger partial charge in [-0.3, -0.25) is 4.79 Å². The molecule has 1 saturated heterocycles. The third-order valence-corrected chi connectivity index (χ3v) is 3.99. The first-order chi connectivity index (χ1) is 10.5. The summed E-state index contributed by atoms with van der Waals surface area (Å²) in [5.41, 5.74) is 1.15. The van der Waals surface area contributed by atoms with Gasteiger partial charge in [-0.1, -0.05) is 0 Å². The van der Waals surface area contributed by atoms with Crippen LogP contribution in [0.1, 0.15) is 32.0 Å². The van der Waals surface area contributed by atoms with Gasteiger partial charge in [0, 0.05) is 30.5 Å². The van der Waals surface area contributed by atoms with Crippen molar-refractivity contribution in [3.63, 3.8) is 0 Å². The summed E-state index contributed by atoms with van der Waals surface area (Å²) in [5.74, 6) is -0.941. The minimum atomic E-state index is -0.893. The summed E-state index contributed by atoms with van der Waals surface area (Å²) in [6, 6.07) is 3.88. The highest BCUT2D eigenvalue weighted by Gasteiger charge is 2.33. The van der Waals surface area contributed by atoms with Gasteiger partial charge in [0.05, 0.1) is 11.9 Å². The molecule has 116 valence electrons. The molecule has 1 aromatic heterocycles. The van der Waals surface area contributed by atoms with Crippen molar-refractivity contribution in [1.29, 1.82) is 0 Å². The molecule has 2 aromatic rings. The van der Waals surface area contributed by atoms with Crippen LogP contribution in [0, 0.1) is 11.6 Å². The van der Waals surface area contributed by atoms with Crippen LogP contribution in [0.5, 0.6) is 0 Å². The van der Waals surface area contributed by atoms with Gasteiger partial charge in [0.15, 0.2) is 11.6 Å². The van der Waals surface area contributed by atoms with Crippen molar-refractivity contribution in [3.8, 4) is 11.3 Å². The molecule has 6 heteroatoms. The second-order valence-electron chi connectivity index (χ2n) is 5.85. The molecule has 0 spiro atoms. The molecule has 0 bridgehead atoms. The molecule has 1 aliphatic rings. The van der Waals surface area contributed by atoms with Crippen molar-refractivity contribution in [2.24, 2.45) is 0 Å². The van der Waals surface area contributed by atoms with E-state index >= 15 is 0 Å². The molecule has 0 radical (unpaired) electrons. The highest BCUT2D eigenvalue weighted by Crippen LogP contribution is 2.29. The summed E-state index contributed by atoms with van der Waals surface area (Å²) in [6.45, 7) is 4.59. The highest BCUT2D eigenvalue weighted by atomic mass is 19.2. The Balaban J connectivity index is 1.82. The summed E-state index contributed by atoms with van der Waals surface area (Å²) in [4.78, 5) is 21.2. The number of carbonyl (C=O) groups excluding carboxylic acids is 1. The molecule has 1 atom stereocenters. The number of amides is 1. The Morgan fingerprint density at radius 2 is 2.09 bits per heavy atom. The van der Waals surface area contributed by atoms with E-state index in [4.69, 9.17) is 0 Å². The molecular weight excluding hydrogens is 288 g/mol. The topological polar surface area (TPSA) is 49.0 Å². The van der Waals surface area contributed by atoms with Crippen LogP contribution in [0.15, 0.2) is 24.4 Å². The molecule has 1 fully saturated rings. The van der Waals surface area contributed by atoms with Crippen LogP contribution in [-0.4, -0.2) is 33.4 Å². The van der Waals surface area contributed by atoms with E-state index in [0.29, 0.717) is 30.0 Å². The normalized spacial score (nSPS) is 18.5. The number of aromatic amines is 1. The minimum Gasteiger partial charge on any atom is -0.342 e. The number of hydrogen-bond donors (Lipinski definition) is 1. The predicted molar refractivity (Wildman–Crippen MR) is 78.1 cm³/mol. The smallest absolute Gasteiger partial charge is 0.223 e. The van der Waals surface area contributed by atoms with E-state index in [9.17, 15) is 13.6 Å². The molecule has 22 heavy (non-hydrogen) atoms. The number of aromatic nitrogens is 2. The van der Waals surface area contributed by atoms with E-state index in [0.717, 1.165) is 12.1 Å².